The first kappa shape index (κ1) is 22.8. The number of piperazine rings is 1. The molecular formula is C24H24F3N3O3. The lowest BCUT2D eigenvalue weighted by Gasteiger charge is -2.35. The van der Waals surface area contributed by atoms with Crippen LogP contribution in [0.15, 0.2) is 65.2 Å². The monoisotopic (exact) mass is 459 g/mol. The summed E-state index contributed by atoms with van der Waals surface area (Å²) in [5.74, 6) is 1.65. The van der Waals surface area contributed by atoms with Crippen LogP contribution >= 0.6 is 0 Å². The Hall–Kier alpha value is -3.33. The molecule has 1 saturated heterocycles. The SMILES string of the molecule is O=C(Cc1ccc(COCc2ccccc2)o1)N1CCN(c2ccc(C(F)(F)F)cn2)CC1. The number of alkyl halides is 3. The van der Waals surface area contributed by atoms with E-state index < -0.39 is 11.7 Å². The van der Waals surface area contributed by atoms with Crippen molar-refractivity contribution in [2.45, 2.75) is 25.8 Å². The Bertz CT molecular complexity index is 1040. The highest BCUT2D eigenvalue weighted by Gasteiger charge is 2.31. The number of furan rings is 1. The molecule has 0 bridgehead atoms. The van der Waals surface area contributed by atoms with Gasteiger partial charge in [0.2, 0.25) is 5.91 Å². The van der Waals surface area contributed by atoms with Gasteiger partial charge in [0.15, 0.2) is 0 Å². The molecule has 0 saturated carbocycles. The number of hydrogen-bond donors (Lipinski definition) is 0. The van der Waals surface area contributed by atoms with Crippen molar-refractivity contribution in [3.63, 3.8) is 0 Å². The number of pyridine rings is 1. The van der Waals surface area contributed by atoms with Crippen molar-refractivity contribution in [1.82, 2.24) is 9.88 Å². The van der Waals surface area contributed by atoms with Crippen LogP contribution in [-0.2, 0) is 35.3 Å². The molecule has 1 aliphatic rings. The molecule has 2 aromatic heterocycles. The molecule has 0 atom stereocenters. The van der Waals surface area contributed by atoms with Gasteiger partial charge in [0.1, 0.15) is 23.9 Å². The van der Waals surface area contributed by atoms with Gasteiger partial charge in [-0.15, -0.1) is 0 Å². The van der Waals surface area contributed by atoms with Gasteiger partial charge in [-0.25, -0.2) is 4.98 Å². The molecule has 174 valence electrons. The van der Waals surface area contributed by atoms with Crippen molar-refractivity contribution < 1.29 is 27.1 Å². The van der Waals surface area contributed by atoms with Crippen LogP contribution in [0.2, 0.25) is 0 Å². The van der Waals surface area contributed by atoms with Crippen LogP contribution in [0.4, 0.5) is 19.0 Å². The first-order chi connectivity index (χ1) is 15.9. The van der Waals surface area contributed by atoms with E-state index in [1.54, 1.807) is 11.0 Å². The summed E-state index contributed by atoms with van der Waals surface area (Å²) in [4.78, 5) is 20.2. The number of carbonyl (C=O) groups excluding carboxylic acids is 1. The molecule has 9 heteroatoms. The van der Waals surface area contributed by atoms with Gasteiger partial charge in [-0.3, -0.25) is 4.79 Å². The summed E-state index contributed by atoms with van der Waals surface area (Å²) in [6.07, 6.45) is -3.42. The number of nitrogens with zero attached hydrogens (tertiary/aromatic N) is 3. The molecule has 1 fully saturated rings. The van der Waals surface area contributed by atoms with Gasteiger partial charge in [0.25, 0.3) is 0 Å². The standard InChI is InChI=1S/C24H24F3N3O3/c25-24(26,27)19-6-9-22(28-15-19)29-10-12-30(13-11-29)23(31)14-20-7-8-21(33-20)17-32-16-18-4-2-1-3-5-18/h1-9,15H,10-14,16-17H2. The van der Waals surface area contributed by atoms with E-state index in [1.807, 2.05) is 41.3 Å². The zero-order valence-corrected chi connectivity index (χ0v) is 17.9. The van der Waals surface area contributed by atoms with Gasteiger partial charge < -0.3 is 19.0 Å². The molecule has 0 unspecified atom stereocenters. The Kier molecular flexibility index (Phi) is 6.98. The molecular weight excluding hydrogens is 435 g/mol. The van der Waals surface area contributed by atoms with E-state index >= 15 is 0 Å². The predicted molar refractivity (Wildman–Crippen MR) is 115 cm³/mol. The molecule has 33 heavy (non-hydrogen) atoms. The highest BCUT2D eigenvalue weighted by molar-refractivity contribution is 5.78. The van der Waals surface area contributed by atoms with E-state index in [2.05, 4.69) is 4.98 Å². The Morgan fingerprint density at radius 3 is 2.33 bits per heavy atom. The Morgan fingerprint density at radius 1 is 0.939 bits per heavy atom. The third kappa shape index (κ3) is 6.13. The Balaban J connectivity index is 1.22. The number of anilines is 1. The van der Waals surface area contributed by atoms with Crippen molar-refractivity contribution in [2.75, 3.05) is 31.1 Å². The number of amides is 1. The van der Waals surface area contributed by atoms with Gasteiger partial charge >= 0.3 is 6.18 Å². The average molecular weight is 459 g/mol. The van der Waals surface area contributed by atoms with E-state index in [-0.39, 0.29) is 12.3 Å². The quantitative estimate of drug-likeness (QED) is 0.527. The van der Waals surface area contributed by atoms with Gasteiger partial charge in [-0.2, -0.15) is 13.2 Å². The maximum absolute atomic E-state index is 12.7. The normalized spacial score (nSPS) is 14.5. The first-order valence-corrected chi connectivity index (χ1v) is 10.6. The average Bonchev–Trinajstić information content (AvgIpc) is 3.26. The predicted octanol–water partition coefficient (Wildman–Crippen LogP) is 4.30. The summed E-state index contributed by atoms with van der Waals surface area (Å²) in [6.45, 7) is 2.74. The number of hydrogen-bond acceptors (Lipinski definition) is 5. The van der Waals surface area contributed by atoms with Crippen LogP contribution in [-0.4, -0.2) is 42.0 Å². The van der Waals surface area contributed by atoms with Crippen LogP contribution in [0.25, 0.3) is 0 Å². The Labute approximate surface area is 189 Å². The lowest BCUT2D eigenvalue weighted by Crippen LogP contribution is -2.49. The van der Waals surface area contributed by atoms with Crippen LogP contribution in [0.3, 0.4) is 0 Å². The smallest absolute Gasteiger partial charge is 0.417 e. The number of ether oxygens (including phenoxy) is 1. The second-order valence-corrected chi connectivity index (χ2v) is 7.79. The van der Waals surface area contributed by atoms with Crippen LogP contribution in [0.5, 0.6) is 0 Å². The third-order valence-corrected chi connectivity index (χ3v) is 5.43. The maximum Gasteiger partial charge on any atom is 0.417 e. The number of aromatic nitrogens is 1. The molecule has 0 radical (unpaired) electrons. The van der Waals surface area contributed by atoms with E-state index in [4.69, 9.17) is 9.15 Å². The largest absolute Gasteiger partial charge is 0.463 e. The lowest BCUT2D eigenvalue weighted by molar-refractivity contribution is -0.137. The number of rotatable bonds is 7. The zero-order chi connectivity index (χ0) is 23.3. The molecule has 3 heterocycles. The minimum absolute atomic E-state index is 0.0545. The maximum atomic E-state index is 12.7. The van der Waals surface area contributed by atoms with Gasteiger partial charge in [0, 0.05) is 32.4 Å². The summed E-state index contributed by atoms with van der Waals surface area (Å²) in [7, 11) is 0. The number of benzene rings is 1. The molecule has 3 aromatic rings. The van der Waals surface area contributed by atoms with E-state index in [1.165, 1.54) is 6.07 Å². The number of halogens is 3. The summed E-state index contributed by atoms with van der Waals surface area (Å²) >= 11 is 0. The second-order valence-electron chi connectivity index (χ2n) is 7.79. The van der Waals surface area contributed by atoms with Crippen LogP contribution in [0, 0.1) is 0 Å². The first-order valence-electron chi connectivity index (χ1n) is 10.6. The lowest BCUT2D eigenvalue weighted by atomic mass is 10.2. The fraction of sp³-hybridized carbons (Fsp3) is 0.333. The number of carbonyl (C=O) groups is 1. The Morgan fingerprint density at radius 2 is 1.67 bits per heavy atom. The molecule has 1 aromatic carbocycles. The minimum atomic E-state index is -4.41. The summed E-state index contributed by atoms with van der Waals surface area (Å²) in [5.41, 5.74) is 0.299. The van der Waals surface area contributed by atoms with Crippen LogP contribution in [0.1, 0.15) is 22.6 Å². The minimum Gasteiger partial charge on any atom is -0.463 e. The molecule has 0 N–H and O–H groups in total. The van der Waals surface area contributed by atoms with Crippen molar-refractivity contribution in [1.29, 1.82) is 0 Å². The van der Waals surface area contributed by atoms with Gasteiger partial charge in [0.05, 0.1) is 18.6 Å². The molecule has 1 aliphatic heterocycles. The van der Waals surface area contributed by atoms with Crippen molar-refractivity contribution in [3.8, 4) is 0 Å². The van der Waals surface area contributed by atoms with Crippen molar-refractivity contribution in [3.05, 3.63) is 83.4 Å². The topological polar surface area (TPSA) is 58.8 Å². The molecule has 1 amide bonds. The van der Waals surface area contributed by atoms with Crippen LogP contribution < -0.4 is 4.90 Å². The summed E-state index contributed by atoms with van der Waals surface area (Å²) in [5, 5.41) is 0. The zero-order valence-electron chi connectivity index (χ0n) is 17.9. The molecule has 0 aliphatic carbocycles. The highest BCUT2D eigenvalue weighted by atomic mass is 19.4. The van der Waals surface area contributed by atoms with Crippen molar-refractivity contribution >= 4 is 11.7 Å². The fourth-order valence-electron chi connectivity index (χ4n) is 3.63. The fourth-order valence-corrected chi connectivity index (χ4v) is 3.63. The summed E-state index contributed by atoms with van der Waals surface area (Å²) in [6, 6.07) is 15.8. The van der Waals surface area contributed by atoms with E-state index in [0.717, 1.165) is 17.8 Å². The van der Waals surface area contributed by atoms with Gasteiger partial charge in [-0.1, -0.05) is 30.3 Å². The molecule has 0 spiro atoms. The molecule has 6 nitrogen and oxygen atoms in total. The van der Waals surface area contributed by atoms with Gasteiger partial charge in [-0.05, 0) is 29.8 Å². The van der Waals surface area contributed by atoms with Crippen molar-refractivity contribution in [2.24, 2.45) is 0 Å². The second kappa shape index (κ2) is 10.1. The summed E-state index contributed by atoms with van der Waals surface area (Å²) < 4.78 is 49.5. The molecule has 4 rings (SSSR count). The third-order valence-electron chi connectivity index (χ3n) is 5.43. The van der Waals surface area contributed by atoms with E-state index in [0.29, 0.717) is 56.7 Å². The highest BCUT2D eigenvalue weighted by Crippen LogP contribution is 2.29. The van der Waals surface area contributed by atoms with E-state index in [9.17, 15) is 18.0 Å².